The number of carbonyl (C=O) groups excluding carboxylic acids is 1. The number of aromatic amines is 1. The van der Waals surface area contributed by atoms with Crippen LogP contribution in [0.3, 0.4) is 0 Å². The number of nitrogens with one attached hydrogen (secondary N) is 1. The molecule has 1 fully saturated rings. The van der Waals surface area contributed by atoms with E-state index in [0.717, 1.165) is 67.6 Å². The summed E-state index contributed by atoms with van der Waals surface area (Å²) in [5, 5.41) is 7.35. The lowest BCUT2D eigenvalue weighted by molar-refractivity contribution is -0.132. The third kappa shape index (κ3) is 4.45. The average molecular weight is 406 g/mol. The largest absolute Gasteiger partial charge is 0.345 e. The minimum Gasteiger partial charge on any atom is -0.345 e. The molecule has 30 heavy (non-hydrogen) atoms. The Morgan fingerprint density at radius 2 is 1.87 bits per heavy atom. The van der Waals surface area contributed by atoms with Crippen molar-refractivity contribution >= 4 is 5.91 Å². The Hall–Kier alpha value is -2.95. The normalized spacial score (nSPS) is 14.5. The van der Waals surface area contributed by atoms with Crippen molar-refractivity contribution in [3.05, 3.63) is 77.7 Å². The number of halogens is 1. The van der Waals surface area contributed by atoms with Gasteiger partial charge in [-0.25, -0.2) is 4.39 Å². The van der Waals surface area contributed by atoms with Gasteiger partial charge in [-0.2, -0.15) is 5.10 Å². The Morgan fingerprint density at radius 1 is 1.07 bits per heavy atom. The lowest BCUT2D eigenvalue weighted by atomic mass is 9.94. The van der Waals surface area contributed by atoms with E-state index in [2.05, 4.69) is 22.3 Å². The first-order valence-electron chi connectivity index (χ1n) is 10.7. The number of carbonyl (C=O) groups is 1. The first-order chi connectivity index (χ1) is 14.6. The molecule has 1 aliphatic carbocycles. The molecule has 0 bridgehead atoms. The van der Waals surface area contributed by atoms with Gasteiger partial charge in [0.15, 0.2) is 0 Å². The Bertz CT molecular complexity index is 994. The number of H-pyrrole nitrogens is 1. The number of aromatic nitrogens is 2. The molecule has 0 aliphatic heterocycles. The Morgan fingerprint density at radius 3 is 2.60 bits per heavy atom. The van der Waals surface area contributed by atoms with Crippen LogP contribution in [0.2, 0.25) is 0 Å². The number of likely N-dealkylation sites (N-methyl/N-ethyl adjacent to an activating group) is 1. The standard InChI is InChI=1S/C25H28FN3O/c1-29(24(30)25(14-15-25)20-10-4-2-5-11-20)16-7-3-6-13-22-18-23(28-27-22)19-9-8-12-21(26)17-19/h2,4-5,8-12,17-18H,3,6-7,13-16H2,1H3,(H,27,28). The summed E-state index contributed by atoms with van der Waals surface area (Å²) in [6, 6.07) is 18.6. The summed E-state index contributed by atoms with van der Waals surface area (Å²) in [5.41, 5.74) is 3.48. The van der Waals surface area contributed by atoms with Gasteiger partial charge in [-0.1, -0.05) is 48.9 Å². The number of unbranched alkanes of at least 4 members (excludes halogenated alkanes) is 2. The minimum atomic E-state index is -0.279. The van der Waals surface area contributed by atoms with Gasteiger partial charge in [-0.05, 0) is 55.9 Å². The van der Waals surface area contributed by atoms with Crippen LogP contribution in [0.4, 0.5) is 4.39 Å². The lowest BCUT2D eigenvalue weighted by Crippen LogP contribution is -2.37. The SMILES string of the molecule is CN(CCCCCc1cc(-c2cccc(F)c2)n[nH]1)C(=O)C1(c2ccccc2)CC1. The highest BCUT2D eigenvalue weighted by Gasteiger charge is 2.52. The maximum Gasteiger partial charge on any atom is 0.232 e. The highest BCUT2D eigenvalue weighted by atomic mass is 19.1. The van der Waals surface area contributed by atoms with E-state index in [1.807, 2.05) is 42.3 Å². The van der Waals surface area contributed by atoms with Crippen molar-refractivity contribution in [2.24, 2.45) is 0 Å². The highest BCUT2D eigenvalue weighted by Crippen LogP contribution is 2.49. The monoisotopic (exact) mass is 405 g/mol. The highest BCUT2D eigenvalue weighted by molar-refractivity contribution is 5.91. The average Bonchev–Trinajstić information content (AvgIpc) is 3.45. The van der Waals surface area contributed by atoms with Crippen molar-refractivity contribution in [1.82, 2.24) is 15.1 Å². The molecular formula is C25H28FN3O. The molecule has 1 N–H and O–H groups in total. The molecular weight excluding hydrogens is 377 g/mol. The van der Waals surface area contributed by atoms with E-state index in [-0.39, 0.29) is 17.1 Å². The van der Waals surface area contributed by atoms with Crippen LogP contribution in [0.25, 0.3) is 11.3 Å². The zero-order valence-electron chi connectivity index (χ0n) is 17.4. The third-order valence-corrected chi connectivity index (χ3v) is 6.02. The van der Waals surface area contributed by atoms with Gasteiger partial charge in [-0.3, -0.25) is 9.89 Å². The van der Waals surface area contributed by atoms with Crippen molar-refractivity contribution in [2.45, 2.75) is 43.9 Å². The fourth-order valence-electron chi connectivity index (χ4n) is 4.10. The summed E-state index contributed by atoms with van der Waals surface area (Å²) >= 11 is 0. The molecule has 5 heteroatoms. The molecule has 0 saturated heterocycles. The van der Waals surface area contributed by atoms with E-state index in [1.165, 1.54) is 12.1 Å². The molecule has 0 unspecified atom stereocenters. The van der Waals surface area contributed by atoms with Gasteiger partial charge >= 0.3 is 0 Å². The fraction of sp³-hybridized carbons (Fsp3) is 0.360. The number of benzene rings is 2. The molecule has 1 aromatic heterocycles. The number of hydrogen-bond acceptors (Lipinski definition) is 2. The number of nitrogens with zero attached hydrogens (tertiary/aromatic N) is 2. The second-order valence-corrected chi connectivity index (χ2v) is 8.27. The van der Waals surface area contributed by atoms with Gasteiger partial charge in [0.25, 0.3) is 0 Å². The topological polar surface area (TPSA) is 49.0 Å². The predicted molar refractivity (Wildman–Crippen MR) is 117 cm³/mol. The van der Waals surface area contributed by atoms with Gasteiger partial charge in [-0.15, -0.1) is 0 Å². The van der Waals surface area contributed by atoms with Crippen LogP contribution in [-0.4, -0.2) is 34.6 Å². The molecule has 4 nitrogen and oxygen atoms in total. The molecule has 0 radical (unpaired) electrons. The molecule has 156 valence electrons. The maximum absolute atomic E-state index is 13.4. The van der Waals surface area contributed by atoms with Crippen LogP contribution in [0.5, 0.6) is 0 Å². The summed E-state index contributed by atoms with van der Waals surface area (Å²) in [6.45, 7) is 0.783. The van der Waals surface area contributed by atoms with E-state index in [0.29, 0.717) is 0 Å². The molecule has 2 aromatic carbocycles. The zero-order chi connectivity index (χ0) is 21.0. The molecule has 1 amide bonds. The Labute approximate surface area is 177 Å². The van der Waals surface area contributed by atoms with Crippen molar-refractivity contribution in [2.75, 3.05) is 13.6 Å². The quantitative estimate of drug-likeness (QED) is 0.503. The lowest BCUT2D eigenvalue weighted by Gasteiger charge is -2.24. The first-order valence-corrected chi connectivity index (χ1v) is 10.7. The molecule has 1 saturated carbocycles. The van der Waals surface area contributed by atoms with Crippen LogP contribution in [0.15, 0.2) is 60.7 Å². The molecule has 0 spiro atoms. The van der Waals surface area contributed by atoms with Crippen LogP contribution in [-0.2, 0) is 16.6 Å². The number of aryl methyl sites for hydroxylation is 1. The Kier molecular flexibility index (Phi) is 5.98. The molecule has 1 heterocycles. The molecule has 4 rings (SSSR count). The van der Waals surface area contributed by atoms with Crippen molar-refractivity contribution in [1.29, 1.82) is 0 Å². The van der Waals surface area contributed by atoms with Gasteiger partial charge in [0.05, 0.1) is 11.1 Å². The number of hydrogen-bond donors (Lipinski definition) is 1. The Balaban J connectivity index is 1.21. The van der Waals surface area contributed by atoms with E-state index in [1.54, 1.807) is 6.07 Å². The van der Waals surface area contributed by atoms with Crippen LogP contribution in [0, 0.1) is 5.82 Å². The zero-order valence-corrected chi connectivity index (χ0v) is 17.4. The summed E-state index contributed by atoms with van der Waals surface area (Å²) in [6.07, 6.45) is 5.86. The van der Waals surface area contributed by atoms with Gasteiger partial charge in [0, 0.05) is 24.8 Å². The van der Waals surface area contributed by atoms with E-state index in [9.17, 15) is 9.18 Å². The second-order valence-electron chi connectivity index (χ2n) is 8.27. The van der Waals surface area contributed by atoms with Crippen molar-refractivity contribution in [3.63, 3.8) is 0 Å². The van der Waals surface area contributed by atoms with E-state index < -0.39 is 0 Å². The van der Waals surface area contributed by atoms with Crippen LogP contribution in [0.1, 0.15) is 43.4 Å². The number of amides is 1. The summed E-state index contributed by atoms with van der Waals surface area (Å²) in [4.78, 5) is 14.9. The van der Waals surface area contributed by atoms with Crippen molar-refractivity contribution < 1.29 is 9.18 Å². The van der Waals surface area contributed by atoms with Gasteiger partial charge in [0.2, 0.25) is 5.91 Å². The summed E-state index contributed by atoms with van der Waals surface area (Å²) < 4.78 is 13.4. The smallest absolute Gasteiger partial charge is 0.232 e. The van der Waals surface area contributed by atoms with Gasteiger partial charge in [0.1, 0.15) is 5.82 Å². The van der Waals surface area contributed by atoms with Crippen LogP contribution < -0.4 is 0 Å². The first kappa shape index (κ1) is 20.3. The van der Waals surface area contributed by atoms with Gasteiger partial charge < -0.3 is 4.90 Å². The fourth-order valence-corrected chi connectivity index (χ4v) is 4.10. The van der Waals surface area contributed by atoms with Crippen LogP contribution >= 0.6 is 0 Å². The van der Waals surface area contributed by atoms with Crippen molar-refractivity contribution in [3.8, 4) is 11.3 Å². The molecule has 1 aliphatic rings. The number of rotatable bonds is 9. The minimum absolute atomic E-state index is 0.252. The molecule has 3 aromatic rings. The summed E-state index contributed by atoms with van der Waals surface area (Å²) in [7, 11) is 1.92. The maximum atomic E-state index is 13.4. The molecule has 0 atom stereocenters. The second kappa shape index (κ2) is 8.82. The third-order valence-electron chi connectivity index (χ3n) is 6.02. The summed E-state index contributed by atoms with van der Waals surface area (Å²) in [5.74, 6) is -0.00189. The van der Waals surface area contributed by atoms with E-state index >= 15 is 0 Å². The predicted octanol–water partition coefficient (Wildman–Crippen LogP) is 5.12. The van der Waals surface area contributed by atoms with E-state index in [4.69, 9.17) is 0 Å².